The number of halogens is 2. The molecule has 2 aromatic rings. The summed E-state index contributed by atoms with van der Waals surface area (Å²) in [4.78, 5) is 14.9. The summed E-state index contributed by atoms with van der Waals surface area (Å²) in [5.41, 5.74) is 1.67. The number of hydrogen-bond donors (Lipinski definition) is 1. The van der Waals surface area contributed by atoms with Gasteiger partial charge in [-0.05, 0) is 49.2 Å². The highest BCUT2D eigenvalue weighted by molar-refractivity contribution is 7.89. The van der Waals surface area contributed by atoms with Gasteiger partial charge in [0.15, 0.2) is 0 Å². The Morgan fingerprint density at radius 3 is 2.39 bits per heavy atom. The number of benzene rings is 2. The van der Waals surface area contributed by atoms with Crippen molar-refractivity contribution in [2.24, 2.45) is 0 Å². The Labute approximate surface area is 175 Å². The van der Waals surface area contributed by atoms with Gasteiger partial charge >= 0.3 is 0 Å². The number of amides is 1. The number of nitrogens with zero attached hydrogens (tertiary/aromatic N) is 2. The number of hydrogen-bond acceptors (Lipinski definition) is 4. The molecule has 0 saturated carbocycles. The molecule has 0 atom stereocenters. The van der Waals surface area contributed by atoms with E-state index in [1.807, 2.05) is 6.07 Å². The molecule has 1 saturated heterocycles. The van der Waals surface area contributed by atoms with E-state index in [4.69, 9.17) is 23.2 Å². The summed E-state index contributed by atoms with van der Waals surface area (Å²) in [6, 6.07) is 9.55. The van der Waals surface area contributed by atoms with Crippen molar-refractivity contribution < 1.29 is 13.2 Å². The average Bonchev–Trinajstić information content (AvgIpc) is 3.16. The first kappa shape index (κ1) is 20.9. The van der Waals surface area contributed by atoms with Crippen molar-refractivity contribution in [3.63, 3.8) is 0 Å². The molecule has 0 radical (unpaired) electrons. The van der Waals surface area contributed by atoms with Crippen molar-refractivity contribution in [1.82, 2.24) is 4.31 Å². The maximum Gasteiger partial charge on any atom is 0.255 e. The number of nitrogens with one attached hydrogen (secondary N) is 1. The Hall–Kier alpha value is -1.80. The molecule has 1 N–H and O–H groups in total. The molecule has 0 spiro atoms. The van der Waals surface area contributed by atoms with Gasteiger partial charge in [0.2, 0.25) is 10.0 Å². The minimum atomic E-state index is -3.77. The lowest BCUT2D eigenvalue weighted by atomic mass is 10.2. The van der Waals surface area contributed by atoms with Crippen LogP contribution < -0.4 is 10.2 Å². The highest BCUT2D eigenvalue weighted by atomic mass is 35.5. The van der Waals surface area contributed by atoms with Crippen LogP contribution in [0.1, 0.15) is 23.2 Å². The lowest BCUT2D eigenvalue weighted by molar-refractivity contribution is 0.102. The summed E-state index contributed by atoms with van der Waals surface area (Å²) in [5.74, 6) is -0.436. The zero-order valence-corrected chi connectivity index (χ0v) is 17.9. The third kappa shape index (κ3) is 4.27. The Morgan fingerprint density at radius 2 is 1.75 bits per heavy atom. The maximum absolute atomic E-state index is 12.8. The summed E-state index contributed by atoms with van der Waals surface area (Å²) in [6.07, 6.45) is 2.19. The number of carbonyl (C=O) groups excluding carboxylic acids is 1. The second kappa shape index (κ2) is 8.29. The topological polar surface area (TPSA) is 69.7 Å². The molecule has 0 bridgehead atoms. The van der Waals surface area contributed by atoms with E-state index in [0.717, 1.165) is 35.9 Å². The van der Waals surface area contributed by atoms with Crippen molar-refractivity contribution in [1.29, 1.82) is 0 Å². The molecule has 1 heterocycles. The lowest BCUT2D eigenvalue weighted by Gasteiger charge is -2.22. The second-order valence-electron chi connectivity index (χ2n) is 6.74. The van der Waals surface area contributed by atoms with Crippen LogP contribution in [0, 0.1) is 0 Å². The summed E-state index contributed by atoms with van der Waals surface area (Å²) in [5, 5.41) is 3.42. The highest BCUT2D eigenvalue weighted by Gasteiger charge is 2.23. The standard InChI is InChI=1S/C19H21Cl2N3O3S/c1-23(2)28(26,27)18-11-13(5-7-15(18)21)19(25)22-16-12-14(20)6-8-17(16)24-9-3-4-10-24/h5-8,11-12H,3-4,9-10H2,1-2H3,(H,22,25). The number of rotatable bonds is 5. The molecule has 1 fully saturated rings. The van der Waals surface area contributed by atoms with Gasteiger partial charge in [-0.2, -0.15) is 0 Å². The molecular weight excluding hydrogens is 421 g/mol. The van der Waals surface area contributed by atoms with E-state index in [2.05, 4.69) is 10.2 Å². The molecule has 1 amide bonds. The van der Waals surface area contributed by atoms with E-state index in [-0.39, 0.29) is 15.5 Å². The predicted molar refractivity (Wildman–Crippen MR) is 113 cm³/mol. The van der Waals surface area contributed by atoms with E-state index >= 15 is 0 Å². The van der Waals surface area contributed by atoms with Crippen molar-refractivity contribution in [3.8, 4) is 0 Å². The number of sulfonamides is 1. The van der Waals surface area contributed by atoms with Gasteiger partial charge < -0.3 is 10.2 Å². The number of anilines is 2. The summed E-state index contributed by atoms with van der Waals surface area (Å²) < 4.78 is 25.9. The van der Waals surface area contributed by atoms with Gasteiger partial charge in [-0.15, -0.1) is 0 Å². The normalized spacial score (nSPS) is 14.5. The van der Waals surface area contributed by atoms with Gasteiger partial charge in [-0.25, -0.2) is 12.7 Å². The zero-order chi connectivity index (χ0) is 20.5. The van der Waals surface area contributed by atoms with Crippen molar-refractivity contribution in [2.75, 3.05) is 37.4 Å². The Balaban J connectivity index is 1.93. The zero-order valence-electron chi connectivity index (χ0n) is 15.6. The fraction of sp³-hybridized carbons (Fsp3) is 0.316. The maximum atomic E-state index is 12.8. The Bertz CT molecular complexity index is 1000. The fourth-order valence-electron chi connectivity index (χ4n) is 3.08. The summed E-state index contributed by atoms with van der Waals surface area (Å²) in [6.45, 7) is 1.83. The van der Waals surface area contributed by atoms with Crippen LogP contribution >= 0.6 is 23.2 Å². The van der Waals surface area contributed by atoms with Gasteiger partial charge in [0.1, 0.15) is 4.90 Å². The first-order valence-corrected chi connectivity index (χ1v) is 11.0. The molecule has 9 heteroatoms. The molecule has 6 nitrogen and oxygen atoms in total. The van der Waals surface area contributed by atoms with E-state index in [0.29, 0.717) is 10.7 Å². The Morgan fingerprint density at radius 1 is 1.07 bits per heavy atom. The van der Waals surface area contributed by atoms with Crippen molar-refractivity contribution >= 4 is 50.5 Å². The van der Waals surface area contributed by atoms with Gasteiger partial charge in [-0.1, -0.05) is 23.2 Å². The molecule has 1 aliphatic heterocycles. The summed E-state index contributed by atoms with van der Waals surface area (Å²) in [7, 11) is -0.954. The largest absolute Gasteiger partial charge is 0.370 e. The quantitative estimate of drug-likeness (QED) is 0.757. The van der Waals surface area contributed by atoms with E-state index in [1.54, 1.807) is 12.1 Å². The lowest BCUT2D eigenvalue weighted by Crippen LogP contribution is -2.23. The van der Waals surface area contributed by atoms with E-state index in [1.165, 1.54) is 32.3 Å². The van der Waals surface area contributed by atoms with Crippen LogP contribution in [0.4, 0.5) is 11.4 Å². The molecule has 28 heavy (non-hydrogen) atoms. The minimum Gasteiger partial charge on any atom is -0.370 e. The molecule has 150 valence electrons. The van der Waals surface area contributed by atoms with Crippen molar-refractivity contribution in [3.05, 3.63) is 52.0 Å². The molecule has 3 rings (SSSR count). The molecule has 0 aromatic heterocycles. The average molecular weight is 442 g/mol. The van der Waals surface area contributed by atoms with Crippen molar-refractivity contribution in [2.45, 2.75) is 17.7 Å². The minimum absolute atomic E-state index is 0.0609. The van der Waals surface area contributed by atoms with Crippen LogP contribution in [-0.2, 0) is 10.0 Å². The molecule has 0 unspecified atom stereocenters. The second-order valence-corrected chi connectivity index (χ2v) is 9.71. The third-order valence-corrected chi connectivity index (χ3v) is 7.14. The van der Waals surface area contributed by atoms with Crippen LogP contribution in [0.5, 0.6) is 0 Å². The monoisotopic (exact) mass is 441 g/mol. The van der Waals surface area contributed by atoms with E-state index in [9.17, 15) is 13.2 Å². The molecular formula is C19H21Cl2N3O3S. The smallest absolute Gasteiger partial charge is 0.255 e. The van der Waals surface area contributed by atoms with Crippen LogP contribution in [-0.4, -0.2) is 45.8 Å². The van der Waals surface area contributed by atoms with Crippen LogP contribution in [0.25, 0.3) is 0 Å². The fourth-order valence-corrected chi connectivity index (χ4v) is 4.64. The molecule has 1 aliphatic rings. The van der Waals surface area contributed by atoms with Crippen LogP contribution in [0.15, 0.2) is 41.3 Å². The van der Waals surface area contributed by atoms with Gasteiger partial charge in [-0.3, -0.25) is 4.79 Å². The van der Waals surface area contributed by atoms with Gasteiger partial charge in [0.05, 0.1) is 16.4 Å². The Kier molecular flexibility index (Phi) is 6.19. The highest BCUT2D eigenvalue weighted by Crippen LogP contribution is 2.32. The first-order chi connectivity index (χ1) is 13.2. The summed E-state index contributed by atoms with van der Waals surface area (Å²) >= 11 is 12.2. The first-order valence-electron chi connectivity index (χ1n) is 8.78. The number of carbonyl (C=O) groups is 1. The van der Waals surface area contributed by atoms with Gasteiger partial charge in [0, 0.05) is 37.8 Å². The van der Waals surface area contributed by atoms with Gasteiger partial charge in [0.25, 0.3) is 5.91 Å². The molecule has 0 aliphatic carbocycles. The van der Waals surface area contributed by atoms with E-state index < -0.39 is 15.9 Å². The molecule has 2 aromatic carbocycles. The SMILES string of the molecule is CN(C)S(=O)(=O)c1cc(C(=O)Nc2cc(Cl)ccc2N2CCCC2)ccc1Cl. The third-order valence-electron chi connectivity index (χ3n) is 4.61. The van der Waals surface area contributed by atoms with Crippen LogP contribution in [0.3, 0.4) is 0 Å². The van der Waals surface area contributed by atoms with Crippen LogP contribution in [0.2, 0.25) is 10.0 Å². The predicted octanol–water partition coefficient (Wildman–Crippen LogP) is 4.10.